The van der Waals surface area contributed by atoms with E-state index in [1.807, 2.05) is 0 Å². The highest BCUT2D eigenvalue weighted by atomic mass is 127. The number of benzene rings is 1. The number of aliphatic imine (C=N–C) groups is 1. The molecule has 168 valence electrons. The minimum atomic E-state index is 0. The van der Waals surface area contributed by atoms with Crippen LogP contribution in [0.25, 0.3) is 0 Å². The van der Waals surface area contributed by atoms with Crippen LogP contribution < -0.4 is 10.6 Å². The molecular weight excluding hydrogens is 489 g/mol. The van der Waals surface area contributed by atoms with Crippen LogP contribution in [0.2, 0.25) is 0 Å². The predicted molar refractivity (Wildman–Crippen MR) is 135 cm³/mol. The van der Waals surface area contributed by atoms with Gasteiger partial charge in [-0.15, -0.1) is 24.0 Å². The molecule has 6 nitrogen and oxygen atoms in total. The van der Waals surface area contributed by atoms with Gasteiger partial charge in [0.25, 0.3) is 0 Å². The van der Waals surface area contributed by atoms with Crippen molar-refractivity contribution in [1.29, 1.82) is 0 Å². The monoisotopic (exact) mass is 527 g/mol. The lowest BCUT2D eigenvalue weighted by Gasteiger charge is -2.38. The largest absolute Gasteiger partial charge is 0.357 e. The van der Waals surface area contributed by atoms with E-state index in [4.69, 9.17) is 4.99 Å². The maximum Gasteiger partial charge on any atom is 0.225 e. The molecule has 2 aliphatic rings. The van der Waals surface area contributed by atoms with Gasteiger partial charge in [-0.05, 0) is 44.7 Å². The molecule has 1 aliphatic heterocycles. The number of amides is 1. The fourth-order valence-corrected chi connectivity index (χ4v) is 3.97. The van der Waals surface area contributed by atoms with E-state index < -0.39 is 0 Å². The van der Waals surface area contributed by atoms with Gasteiger partial charge in [0.1, 0.15) is 0 Å². The van der Waals surface area contributed by atoms with Crippen molar-refractivity contribution in [2.24, 2.45) is 10.9 Å². The molecule has 0 atom stereocenters. The molecule has 1 aromatic carbocycles. The molecular formula is C23H38IN5O. The minimum absolute atomic E-state index is 0. The second-order valence-corrected chi connectivity index (χ2v) is 8.35. The van der Waals surface area contributed by atoms with Gasteiger partial charge in [0.2, 0.25) is 5.91 Å². The normalized spacial score (nSPS) is 17.8. The van der Waals surface area contributed by atoms with Crippen molar-refractivity contribution in [1.82, 2.24) is 20.4 Å². The predicted octanol–water partition coefficient (Wildman–Crippen LogP) is 2.92. The zero-order valence-corrected chi connectivity index (χ0v) is 21.1. The first kappa shape index (κ1) is 24.9. The van der Waals surface area contributed by atoms with Crippen molar-refractivity contribution < 1.29 is 4.79 Å². The Labute approximate surface area is 198 Å². The number of piperazine rings is 1. The number of halogens is 1. The van der Waals surface area contributed by atoms with Crippen LogP contribution in [0.15, 0.2) is 23.2 Å². The maximum absolute atomic E-state index is 12.4. The Morgan fingerprint density at radius 2 is 1.87 bits per heavy atom. The van der Waals surface area contributed by atoms with Crippen molar-refractivity contribution in [2.75, 3.05) is 45.8 Å². The summed E-state index contributed by atoms with van der Waals surface area (Å²) in [7, 11) is 0. The van der Waals surface area contributed by atoms with Gasteiger partial charge in [0.05, 0.1) is 6.54 Å². The van der Waals surface area contributed by atoms with Crippen LogP contribution >= 0.6 is 24.0 Å². The zero-order chi connectivity index (χ0) is 20.6. The van der Waals surface area contributed by atoms with E-state index in [1.54, 1.807) is 0 Å². The van der Waals surface area contributed by atoms with Gasteiger partial charge in [-0.1, -0.05) is 30.2 Å². The summed E-state index contributed by atoms with van der Waals surface area (Å²) < 4.78 is 0. The molecule has 7 heteroatoms. The van der Waals surface area contributed by atoms with Gasteiger partial charge < -0.3 is 15.5 Å². The molecule has 0 bridgehead atoms. The molecule has 1 heterocycles. The molecule has 0 radical (unpaired) electrons. The van der Waals surface area contributed by atoms with Crippen LogP contribution in [0.5, 0.6) is 0 Å². The summed E-state index contributed by atoms with van der Waals surface area (Å²) >= 11 is 0. The molecule has 2 N–H and O–H groups in total. The molecule has 1 aliphatic carbocycles. The van der Waals surface area contributed by atoms with Crippen molar-refractivity contribution in [3.8, 4) is 0 Å². The molecule has 0 unspecified atom stereocenters. The molecule has 1 saturated carbocycles. The summed E-state index contributed by atoms with van der Waals surface area (Å²) in [5, 5.41) is 6.79. The molecule has 3 rings (SSSR count). The zero-order valence-electron chi connectivity index (χ0n) is 18.7. The summed E-state index contributed by atoms with van der Waals surface area (Å²) in [5.41, 5.74) is 3.84. The summed E-state index contributed by atoms with van der Waals surface area (Å²) in [4.78, 5) is 21.6. The van der Waals surface area contributed by atoms with E-state index in [-0.39, 0.29) is 24.0 Å². The van der Waals surface area contributed by atoms with Gasteiger partial charge in [-0.2, -0.15) is 0 Å². The van der Waals surface area contributed by atoms with Gasteiger partial charge >= 0.3 is 0 Å². The number of hydrogen-bond acceptors (Lipinski definition) is 3. The van der Waals surface area contributed by atoms with E-state index in [9.17, 15) is 4.79 Å². The Bertz CT molecular complexity index is 712. The first-order chi connectivity index (χ1) is 14.1. The number of rotatable bonds is 7. The highest BCUT2D eigenvalue weighted by Gasteiger charge is 2.30. The average molecular weight is 527 g/mol. The van der Waals surface area contributed by atoms with Gasteiger partial charge in [-0.3, -0.25) is 9.69 Å². The van der Waals surface area contributed by atoms with Gasteiger partial charge in [-0.25, -0.2) is 4.99 Å². The van der Waals surface area contributed by atoms with Crippen LogP contribution in [-0.2, 0) is 11.3 Å². The number of guanidine groups is 1. The number of carbonyl (C=O) groups excluding carboxylic acids is 1. The third kappa shape index (κ3) is 7.11. The topological polar surface area (TPSA) is 60.0 Å². The number of hydrogen-bond donors (Lipinski definition) is 2. The fraction of sp³-hybridized carbons (Fsp3) is 0.652. The summed E-state index contributed by atoms with van der Waals surface area (Å²) in [6, 6.07) is 6.52. The van der Waals surface area contributed by atoms with Crippen molar-refractivity contribution >= 4 is 35.8 Å². The Kier molecular flexibility index (Phi) is 10.4. The lowest BCUT2D eigenvalue weighted by atomic mass is 9.84. The Balaban J connectivity index is 0.00000320. The summed E-state index contributed by atoms with van der Waals surface area (Å²) in [5.74, 6) is 1.58. The third-order valence-electron chi connectivity index (χ3n) is 6.11. The highest BCUT2D eigenvalue weighted by molar-refractivity contribution is 14.0. The van der Waals surface area contributed by atoms with E-state index in [0.29, 0.717) is 18.4 Å². The van der Waals surface area contributed by atoms with Gasteiger partial charge in [0, 0.05) is 51.7 Å². The Morgan fingerprint density at radius 3 is 2.47 bits per heavy atom. The average Bonchev–Trinajstić information content (AvgIpc) is 2.66. The molecule has 30 heavy (non-hydrogen) atoms. The Morgan fingerprint density at radius 1 is 1.13 bits per heavy atom. The van der Waals surface area contributed by atoms with E-state index in [1.165, 1.54) is 23.1 Å². The highest BCUT2D eigenvalue weighted by Crippen LogP contribution is 2.28. The minimum Gasteiger partial charge on any atom is -0.357 e. The fourth-order valence-electron chi connectivity index (χ4n) is 3.97. The van der Waals surface area contributed by atoms with Crippen molar-refractivity contribution in [2.45, 2.75) is 46.6 Å². The lowest BCUT2D eigenvalue weighted by molar-refractivity contribution is -0.139. The SMILES string of the molecule is CCNC(=NCc1ccc(C)cc1C)NCCN1CCN(C(=O)C2CCC2)CC1.I. The van der Waals surface area contributed by atoms with Crippen molar-refractivity contribution in [3.63, 3.8) is 0 Å². The molecule has 1 aromatic rings. The maximum atomic E-state index is 12.4. The molecule has 0 aromatic heterocycles. The number of aryl methyl sites for hydroxylation is 2. The quantitative estimate of drug-likeness (QED) is 0.326. The molecule has 1 amide bonds. The Hall–Kier alpha value is -1.35. The van der Waals surface area contributed by atoms with Crippen molar-refractivity contribution in [3.05, 3.63) is 34.9 Å². The van der Waals surface area contributed by atoms with Crippen LogP contribution in [0.1, 0.15) is 42.9 Å². The lowest BCUT2D eigenvalue weighted by Crippen LogP contribution is -2.52. The third-order valence-corrected chi connectivity index (χ3v) is 6.11. The van der Waals surface area contributed by atoms with E-state index >= 15 is 0 Å². The standard InChI is InChI=1S/C23H37N5O.HI/c1-4-24-23(26-17-21-9-8-18(2)16-19(21)3)25-10-11-27-12-14-28(15-13-27)22(29)20-6-5-7-20;/h8-9,16,20H,4-7,10-15,17H2,1-3H3,(H2,24,25,26);1H. The van der Waals surface area contributed by atoms with Crippen LogP contribution in [0, 0.1) is 19.8 Å². The number of carbonyl (C=O) groups is 1. The van der Waals surface area contributed by atoms with Crippen LogP contribution in [-0.4, -0.2) is 67.5 Å². The van der Waals surface area contributed by atoms with Crippen LogP contribution in [0.4, 0.5) is 0 Å². The second-order valence-electron chi connectivity index (χ2n) is 8.35. The molecule has 2 fully saturated rings. The van der Waals surface area contributed by atoms with Crippen LogP contribution in [0.3, 0.4) is 0 Å². The number of nitrogens with one attached hydrogen (secondary N) is 2. The second kappa shape index (κ2) is 12.5. The number of nitrogens with zero attached hydrogens (tertiary/aromatic N) is 3. The molecule has 0 spiro atoms. The first-order valence-corrected chi connectivity index (χ1v) is 11.2. The van der Waals surface area contributed by atoms with Gasteiger partial charge in [0.15, 0.2) is 5.96 Å². The smallest absolute Gasteiger partial charge is 0.225 e. The summed E-state index contributed by atoms with van der Waals surface area (Å²) in [6.45, 7) is 13.4. The molecule has 1 saturated heterocycles. The van der Waals surface area contributed by atoms with E-state index in [2.05, 4.69) is 59.4 Å². The van der Waals surface area contributed by atoms with E-state index in [0.717, 1.165) is 64.6 Å². The first-order valence-electron chi connectivity index (χ1n) is 11.2. The summed E-state index contributed by atoms with van der Waals surface area (Å²) in [6.07, 6.45) is 3.41.